The van der Waals surface area contributed by atoms with Crippen LogP contribution in [0.3, 0.4) is 0 Å². The molecule has 0 bridgehead atoms. The first-order valence-corrected chi connectivity index (χ1v) is 4.78. The third-order valence-electron chi connectivity index (χ3n) is 2.21. The van der Waals surface area contributed by atoms with Crippen molar-refractivity contribution in [3.8, 4) is 0 Å². The lowest BCUT2D eigenvalue weighted by molar-refractivity contribution is -0.142. The standard InChI is InChI=1S/C10H7F6NO2/c1-19-5(18)2-4-3-17-9(13)6(8(11)12)7(4)10(14,15)16/h3,8H,2H2,1H3. The van der Waals surface area contributed by atoms with E-state index in [1.807, 2.05) is 0 Å². The van der Waals surface area contributed by atoms with Crippen LogP contribution in [-0.2, 0) is 22.1 Å². The lowest BCUT2D eigenvalue weighted by Gasteiger charge is -2.16. The fraction of sp³-hybridized carbons (Fsp3) is 0.400. The lowest BCUT2D eigenvalue weighted by Crippen LogP contribution is -2.18. The molecule has 9 heteroatoms. The number of pyridine rings is 1. The van der Waals surface area contributed by atoms with Crippen molar-refractivity contribution in [3.63, 3.8) is 0 Å². The Morgan fingerprint density at radius 3 is 2.42 bits per heavy atom. The van der Waals surface area contributed by atoms with Gasteiger partial charge < -0.3 is 4.74 Å². The number of nitrogens with zero attached hydrogens (tertiary/aromatic N) is 1. The normalized spacial score (nSPS) is 11.8. The van der Waals surface area contributed by atoms with E-state index in [1.165, 1.54) is 0 Å². The fourth-order valence-corrected chi connectivity index (χ4v) is 1.44. The van der Waals surface area contributed by atoms with Gasteiger partial charge in [0.15, 0.2) is 0 Å². The van der Waals surface area contributed by atoms with Crippen molar-refractivity contribution in [1.82, 2.24) is 4.98 Å². The van der Waals surface area contributed by atoms with Crippen molar-refractivity contribution in [2.75, 3.05) is 7.11 Å². The summed E-state index contributed by atoms with van der Waals surface area (Å²) in [6, 6.07) is 0. The Morgan fingerprint density at radius 2 is 2.00 bits per heavy atom. The van der Waals surface area contributed by atoms with Crippen LogP contribution in [0.15, 0.2) is 6.20 Å². The zero-order valence-corrected chi connectivity index (χ0v) is 9.39. The van der Waals surface area contributed by atoms with Crippen molar-refractivity contribution in [2.24, 2.45) is 0 Å². The number of carbonyl (C=O) groups excluding carboxylic acids is 1. The van der Waals surface area contributed by atoms with E-state index in [0.717, 1.165) is 7.11 Å². The van der Waals surface area contributed by atoms with Crippen molar-refractivity contribution in [2.45, 2.75) is 19.0 Å². The Balaban J connectivity index is 3.48. The van der Waals surface area contributed by atoms with Gasteiger partial charge in [-0.2, -0.15) is 17.6 Å². The van der Waals surface area contributed by atoms with E-state index in [1.54, 1.807) is 0 Å². The molecule has 19 heavy (non-hydrogen) atoms. The van der Waals surface area contributed by atoms with Crippen LogP contribution < -0.4 is 0 Å². The number of ether oxygens (including phenoxy) is 1. The molecular formula is C10H7F6NO2. The molecule has 0 amide bonds. The van der Waals surface area contributed by atoms with Gasteiger partial charge in [-0.25, -0.2) is 13.8 Å². The summed E-state index contributed by atoms with van der Waals surface area (Å²) in [6.45, 7) is 0. The quantitative estimate of drug-likeness (QED) is 0.487. The largest absolute Gasteiger partial charge is 0.469 e. The minimum Gasteiger partial charge on any atom is -0.469 e. The maximum atomic E-state index is 13.0. The van der Waals surface area contributed by atoms with Crippen LogP contribution in [0.4, 0.5) is 26.3 Å². The lowest BCUT2D eigenvalue weighted by atomic mass is 10.0. The van der Waals surface area contributed by atoms with Crippen LogP contribution in [0, 0.1) is 5.95 Å². The predicted octanol–water partition coefficient (Wildman–Crippen LogP) is 2.89. The molecule has 0 aromatic carbocycles. The van der Waals surface area contributed by atoms with Gasteiger partial charge >= 0.3 is 12.1 Å². The molecule has 0 spiro atoms. The summed E-state index contributed by atoms with van der Waals surface area (Å²) in [6.07, 6.45) is -9.49. The predicted molar refractivity (Wildman–Crippen MR) is 49.9 cm³/mol. The van der Waals surface area contributed by atoms with E-state index >= 15 is 0 Å². The van der Waals surface area contributed by atoms with Crippen LogP contribution in [0.5, 0.6) is 0 Å². The van der Waals surface area contributed by atoms with Crippen molar-refractivity contribution in [1.29, 1.82) is 0 Å². The van der Waals surface area contributed by atoms with E-state index in [0.29, 0.717) is 6.20 Å². The number of methoxy groups -OCH3 is 1. The van der Waals surface area contributed by atoms with Crippen LogP contribution in [0.1, 0.15) is 23.1 Å². The van der Waals surface area contributed by atoms with Gasteiger partial charge in [0.25, 0.3) is 6.43 Å². The molecule has 0 aliphatic carbocycles. The van der Waals surface area contributed by atoms with Crippen LogP contribution >= 0.6 is 0 Å². The molecular weight excluding hydrogens is 280 g/mol. The van der Waals surface area contributed by atoms with Gasteiger partial charge in [0, 0.05) is 6.20 Å². The first-order chi connectivity index (χ1) is 8.68. The van der Waals surface area contributed by atoms with Crippen molar-refractivity contribution >= 4 is 5.97 Å². The molecule has 0 atom stereocenters. The molecule has 0 radical (unpaired) electrons. The second-order valence-corrected chi connectivity index (χ2v) is 3.41. The van der Waals surface area contributed by atoms with E-state index < -0.39 is 47.6 Å². The molecule has 0 saturated heterocycles. The molecule has 106 valence electrons. The number of rotatable bonds is 3. The summed E-state index contributed by atoms with van der Waals surface area (Å²) in [5.41, 5.74) is -4.62. The van der Waals surface area contributed by atoms with Crippen LogP contribution in [0.25, 0.3) is 0 Å². The average molecular weight is 287 g/mol. The van der Waals surface area contributed by atoms with Crippen molar-refractivity contribution < 1.29 is 35.9 Å². The van der Waals surface area contributed by atoms with E-state index in [4.69, 9.17) is 0 Å². The monoisotopic (exact) mass is 287 g/mol. The van der Waals surface area contributed by atoms with Crippen molar-refractivity contribution in [3.05, 3.63) is 28.8 Å². The zero-order valence-electron chi connectivity index (χ0n) is 9.39. The van der Waals surface area contributed by atoms with Crippen LogP contribution in [-0.4, -0.2) is 18.1 Å². The highest BCUT2D eigenvalue weighted by Crippen LogP contribution is 2.39. The minimum absolute atomic E-state index is 0.390. The zero-order chi connectivity index (χ0) is 14.8. The van der Waals surface area contributed by atoms with Gasteiger partial charge in [0.2, 0.25) is 5.95 Å². The molecule has 0 fully saturated rings. The number of halogens is 6. The van der Waals surface area contributed by atoms with Crippen LogP contribution in [0.2, 0.25) is 0 Å². The Hall–Kier alpha value is -1.80. The summed E-state index contributed by atoms with van der Waals surface area (Å²) in [7, 11) is 0.917. The number of alkyl halides is 5. The summed E-state index contributed by atoms with van der Waals surface area (Å²) in [5, 5.41) is 0. The number of aromatic nitrogens is 1. The third-order valence-corrected chi connectivity index (χ3v) is 2.21. The number of hydrogen-bond acceptors (Lipinski definition) is 3. The maximum absolute atomic E-state index is 13.0. The molecule has 1 aromatic rings. The number of hydrogen-bond donors (Lipinski definition) is 0. The summed E-state index contributed by atoms with van der Waals surface area (Å²) in [4.78, 5) is 13.7. The topological polar surface area (TPSA) is 39.2 Å². The molecule has 1 heterocycles. The highest BCUT2D eigenvalue weighted by atomic mass is 19.4. The second-order valence-electron chi connectivity index (χ2n) is 3.41. The Labute approximate surface area is 103 Å². The first-order valence-electron chi connectivity index (χ1n) is 4.78. The van der Waals surface area contributed by atoms with Gasteiger partial charge in [-0.15, -0.1) is 0 Å². The Bertz CT molecular complexity index is 486. The smallest absolute Gasteiger partial charge is 0.417 e. The summed E-state index contributed by atoms with van der Waals surface area (Å²) >= 11 is 0. The second kappa shape index (κ2) is 5.45. The number of esters is 1. The Kier molecular flexibility index (Phi) is 4.38. The van der Waals surface area contributed by atoms with Gasteiger partial charge in [0.1, 0.15) is 0 Å². The highest BCUT2D eigenvalue weighted by Gasteiger charge is 2.41. The fourth-order valence-electron chi connectivity index (χ4n) is 1.44. The third kappa shape index (κ3) is 3.36. The molecule has 1 aromatic heterocycles. The van der Waals surface area contributed by atoms with E-state index in [2.05, 4.69) is 9.72 Å². The highest BCUT2D eigenvalue weighted by molar-refractivity contribution is 5.73. The molecule has 0 aliphatic rings. The molecule has 0 aliphatic heterocycles. The summed E-state index contributed by atoms with van der Waals surface area (Å²) in [5.74, 6) is -3.00. The first kappa shape index (κ1) is 15.3. The average Bonchev–Trinajstić information content (AvgIpc) is 2.28. The van der Waals surface area contributed by atoms with Gasteiger partial charge in [0.05, 0.1) is 24.7 Å². The van der Waals surface area contributed by atoms with Gasteiger partial charge in [-0.05, 0) is 5.56 Å². The molecule has 1 rings (SSSR count). The molecule has 0 N–H and O–H groups in total. The van der Waals surface area contributed by atoms with Gasteiger partial charge in [-0.3, -0.25) is 4.79 Å². The van der Waals surface area contributed by atoms with E-state index in [-0.39, 0.29) is 0 Å². The van der Waals surface area contributed by atoms with E-state index in [9.17, 15) is 31.1 Å². The Morgan fingerprint density at radius 1 is 1.42 bits per heavy atom. The SMILES string of the molecule is COC(=O)Cc1cnc(F)c(C(F)F)c1C(F)(F)F. The molecule has 3 nitrogen and oxygen atoms in total. The van der Waals surface area contributed by atoms with Gasteiger partial charge in [-0.1, -0.05) is 0 Å². The minimum atomic E-state index is -5.24. The summed E-state index contributed by atoms with van der Waals surface area (Å²) < 4.78 is 80.4. The maximum Gasteiger partial charge on any atom is 0.417 e. The molecule has 0 unspecified atom stereocenters. The number of carbonyl (C=O) groups is 1. The molecule has 0 saturated carbocycles.